The third-order valence-corrected chi connectivity index (χ3v) is 3.68. The molecule has 0 radical (unpaired) electrons. The molecular formula is C18H27NO4. The van der Waals surface area contributed by atoms with Crippen molar-refractivity contribution in [3.05, 3.63) is 35.4 Å². The second-order valence-corrected chi connectivity index (χ2v) is 6.78. The molecule has 1 amide bonds. The minimum Gasteiger partial charge on any atom is -0.444 e. The van der Waals surface area contributed by atoms with E-state index >= 15 is 0 Å². The summed E-state index contributed by atoms with van der Waals surface area (Å²) in [4.78, 5) is 14.2. The molecule has 1 aliphatic heterocycles. The van der Waals surface area contributed by atoms with Crippen molar-refractivity contribution in [3.63, 3.8) is 0 Å². The standard InChI is InChI=1S/C18H27NO4/c1-18(2,3)23-17(21)19-11-10-14-8-4-5-9-15(14)16(19)22-13-7-6-12-20/h4-5,8-9,16,20H,6-7,10-13H2,1-3H3. The summed E-state index contributed by atoms with van der Waals surface area (Å²) in [5.41, 5.74) is 1.70. The summed E-state index contributed by atoms with van der Waals surface area (Å²) < 4.78 is 11.5. The average Bonchev–Trinajstić information content (AvgIpc) is 2.49. The van der Waals surface area contributed by atoms with E-state index in [4.69, 9.17) is 14.6 Å². The Morgan fingerprint density at radius 3 is 2.74 bits per heavy atom. The Hall–Kier alpha value is -1.59. The van der Waals surface area contributed by atoms with Crippen LogP contribution in [0, 0.1) is 0 Å². The smallest absolute Gasteiger partial charge is 0.412 e. The number of fused-ring (bicyclic) bond motifs is 1. The topological polar surface area (TPSA) is 59.0 Å². The number of ether oxygens (including phenoxy) is 2. The van der Waals surface area contributed by atoms with E-state index < -0.39 is 11.8 Å². The molecule has 5 nitrogen and oxygen atoms in total. The molecule has 2 rings (SSSR count). The van der Waals surface area contributed by atoms with Gasteiger partial charge >= 0.3 is 6.09 Å². The molecule has 1 aromatic carbocycles. The molecule has 1 heterocycles. The zero-order valence-corrected chi connectivity index (χ0v) is 14.2. The van der Waals surface area contributed by atoms with E-state index in [-0.39, 0.29) is 12.7 Å². The summed E-state index contributed by atoms with van der Waals surface area (Å²) in [5.74, 6) is 0. The number of aliphatic hydroxyl groups is 1. The zero-order valence-electron chi connectivity index (χ0n) is 14.2. The molecule has 0 fully saturated rings. The average molecular weight is 321 g/mol. The quantitative estimate of drug-likeness (QED) is 0.846. The number of carbonyl (C=O) groups excluding carboxylic acids is 1. The van der Waals surface area contributed by atoms with Crippen molar-refractivity contribution < 1.29 is 19.4 Å². The van der Waals surface area contributed by atoms with Gasteiger partial charge in [0, 0.05) is 25.3 Å². The maximum Gasteiger partial charge on any atom is 0.412 e. The number of aliphatic hydroxyl groups excluding tert-OH is 1. The Kier molecular flexibility index (Phi) is 6.02. The van der Waals surface area contributed by atoms with E-state index in [0.29, 0.717) is 19.6 Å². The first-order chi connectivity index (χ1) is 10.9. The maximum absolute atomic E-state index is 12.5. The van der Waals surface area contributed by atoms with Crippen LogP contribution in [0.3, 0.4) is 0 Å². The molecule has 1 N–H and O–H groups in total. The Morgan fingerprint density at radius 2 is 2.04 bits per heavy atom. The van der Waals surface area contributed by atoms with Gasteiger partial charge < -0.3 is 14.6 Å². The van der Waals surface area contributed by atoms with Crippen LogP contribution < -0.4 is 0 Å². The van der Waals surface area contributed by atoms with Gasteiger partial charge in [-0.2, -0.15) is 0 Å². The summed E-state index contributed by atoms with van der Waals surface area (Å²) in [6.45, 7) is 6.82. The first kappa shape index (κ1) is 17.8. The second-order valence-electron chi connectivity index (χ2n) is 6.78. The minimum atomic E-state index is -0.532. The van der Waals surface area contributed by atoms with Crippen molar-refractivity contribution in [1.29, 1.82) is 0 Å². The third kappa shape index (κ3) is 4.94. The van der Waals surface area contributed by atoms with Crippen LogP contribution in [0.1, 0.15) is 51.0 Å². The highest BCUT2D eigenvalue weighted by Gasteiger charge is 2.34. The van der Waals surface area contributed by atoms with Gasteiger partial charge in [0.25, 0.3) is 0 Å². The molecule has 0 aliphatic carbocycles. The normalized spacial score (nSPS) is 17.7. The molecular weight excluding hydrogens is 294 g/mol. The van der Waals surface area contributed by atoms with Crippen LogP contribution in [0.25, 0.3) is 0 Å². The van der Waals surface area contributed by atoms with Gasteiger partial charge in [0.1, 0.15) is 5.60 Å². The van der Waals surface area contributed by atoms with Gasteiger partial charge in [-0.15, -0.1) is 0 Å². The molecule has 0 spiro atoms. The lowest BCUT2D eigenvalue weighted by molar-refractivity contribution is -0.0758. The van der Waals surface area contributed by atoms with E-state index in [2.05, 4.69) is 6.07 Å². The second kappa shape index (κ2) is 7.79. The van der Waals surface area contributed by atoms with E-state index in [9.17, 15) is 4.79 Å². The van der Waals surface area contributed by atoms with Gasteiger partial charge in [0.05, 0.1) is 0 Å². The van der Waals surface area contributed by atoms with E-state index in [1.54, 1.807) is 4.90 Å². The molecule has 5 heteroatoms. The van der Waals surface area contributed by atoms with Gasteiger partial charge in [-0.05, 0) is 45.6 Å². The van der Waals surface area contributed by atoms with Crippen molar-refractivity contribution in [1.82, 2.24) is 4.90 Å². The highest BCUT2D eigenvalue weighted by molar-refractivity contribution is 5.69. The lowest BCUT2D eigenvalue weighted by atomic mass is 9.98. The van der Waals surface area contributed by atoms with Crippen molar-refractivity contribution in [2.24, 2.45) is 0 Å². The molecule has 1 aromatic rings. The van der Waals surface area contributed by atoms with Crippen LogP contribution in [0.15, 0.2) is 24.3 Å². The highest BCUT2D eigenvalue weighted by atomic mass is 16.6. The molecule has 0 bridgehead atoms. The first-order valence-corrected chi connectivity index (χ1v) is 8.22. The van der Waals surface area contributed by atoms with Gasteiger partial charge in [-0.1, -0.05) is 24.3 Å². The number of nitrogens with zero attached hydrogens (tertiary/aromatic N) is 1. The third-order valence-electron chi connectivity index (χ3n) is 3.68. The molecule has 0 aromatic heterocycles. The number of unbranched alkanes of at least 4 members (excludes halogenated alkanes) is 1. The van der Waals surface area contributed by atoms with E-state index in [0.717, 1.165) is 18.4 Å². The van der Waals surface area contributed by atoms with Crippen LogP contribution in [-0.2, 0) is 15.9 Å². The molecule has 128 valence electrons. The van der Waals surface area contributed by atoms with Crippen molar-refractivity contribution in [2.75, 3.05) is 19.8 Å². The monoisotopic (exact) mass is 321 g/mol. The Labute approximate surface area is 138 Å². The molecule has 0 saturated heterocycles. The number of carbonyl (C=O) groups is 1. The van der Waals surface area contributed by atoms with Gasteiger partial charge in [0.2, 0.25) is 0 Å². The number of benzene rings is 1. The van der Waals surface area contributed by atoms with E-state index in [1.165, 1.54) is 5.56 Å². The maximum atomic E-state index is 12.5. The number of amides is 1. The summed E-state index contributed by atoms with van der Waals surface area (Å²) in [6.07, 6.45) is 1.48. The fraction of sp³-hybridized carbons (Fsp3) is 0.611. The summed E-state index contributed by atoms with van der Waals surface area (Å²) in [5, 5.41) is 8.89. The summed E-state index contributed by atoms with van der Waals surface area (Å²) in [6, 6.07) is 8.04. The van der Waals surface area contributed by atoms with Gasteiger partial charge in [-0.25, -0.2) is 4.79 Å². The predicted octanol–water partition coefficient (Wildman–Crippen LogP) is 3.27. The Bertz CT molecular complexity index is 524. The van der Waals surface area contributed by atoms with Crippen molar-refractivity contribution >= 4 is 6.09 Å². The Balaban J connectivity index is 2.14. The van der Waals surface area contributed by atoms with Crippen molar-refractivity contribution in [2.45, 2.75) is 51.9 Å². The predicted molar refractivity (Wildman–Crippen MR) is 88.1 cm³/mol. The Morgan fingerprint density at radius 1 is 1.30 bits per heavy atom. The molecule has 1 aliphatic rings. The number of hydrogen-bond donors (Lipinski definition) is 1. The van der Waals surface area contributed by atoms with Crippen LogP contribution in [0.2, 0.25) is 0 Å². The number of hydrogen-bond acceptors (Lipinski definition) is 4. The zero-order chi connectivity index (χ0) is 16.9. The minimum absolute atomic E-state index is 0.153. The van der Waals surface area contributed by atoms with Gasteiger partial charge in [-0.3, -0.25) is 4.90 Å². The van der Waals surface area contributed by atoms with Crippen LogP contribution in [-0.4, -0.2) is 41.5 Å². The largest absolute Gasteiger partial charge is 0.444 e. The molecule has 0 saturated carbocycles. The lowest BCUT2D eigenvalue weighted by Crippen LogP contribution is -2.44. The fourth-order valence-electron chi connectivity index (χ4n) is 2.62. The molecule has 1 unspecified atom stereocenters. The fourth-order valence-corrected chi connectivity index (χ4v) is 2.62. The SMILES string of the molecule is CC(C)(C)OC(=O)N1CCc2ccccc2C1OCCCCO. The van der Waals surface area contributed by atoms with Crippen molar-refractivity contribution in [3.8, 4) is 0 Å². The van der Waals surface area contributed by atoms with Crippen LogP contribution in [0.4, 0.5) is 4.79 Å². The summed E-state index contributed by atoms with van der Waals surface area (Å²) >= 11 is 0. The van der Waals surface area contributed by atoms with Crippen LogP contribution in [0.5, 0.6) is 0 Å². The highest BCUT2D eigenvalue weighted by Crippen LogP contribution is 2.32. The lowest BCUT2D eigenvalue weighted by Gasteiger charge is -2.37. The molecule has 23 heavy (non-hydrogen) atoms. The van der Waals surface area contributed by atoms with Gasteiger partial charge in [0.15, 0.2) is 6.23 Å². The summed E-state index contributed by atoms with van der Waals surface area (Å²) in [7, 11) is 0. The van der Waals surface area contributed by atoms with E-state index in [1.807, 2.05) is 39.0 Å². The van der Waals surface area contributed by atoms with Crippen LogP contribution >= 0.6 is 0 Å². The number of rotatable bonds is 5. The molecule has 1 atom stereocenters. The first-order valence-electron chi connectivity index (χ1n) is 8.22.